The van der Waals surface area contributed by atoms with E-state index in [1.54, 1.807) is 0 Å². The van der Waals surface area contributed by atoms with Gasteiger partial charge >= 0.3 is 12.1 Å². The lowest BCUT2D eigenvalue weighted by atomic mass is 10.1. The summed E-state index contributed by atoms with van der Waals surface area (Å²) in [6.07, 6.45) is 2.97. The Labute approximate surface area is 227 Å². The molecule has 0 bridgehead atoms. The second kappa shape index (κ2) is 14.8. The summed E-state index contributed by atoms with van der Waals surface area (Å²) in [5.41, 5.74) is 2.31. The Morgan fingerprint density at radius 3 is 2.36 bits per heavy atom. The molecule has 2 aromatic carbocycles. The van der Waals surface area contributed by atoms with E-state index in [1.807, 2.05) is 12.3 Å². The summed E-state index contributed by atoms with van der Waals surface area (Å²) >= 11 is 0. The standard InChI is InChI=1S/C27H37N3O2.C2HF3O2/c1-29(2)19-14-27(32-25-11-12-26-23(21-25)13-15-28-26)22-7-9-24(10-8-22)31-20-6-18-30-16-4-3-5-17-30;3-2(4,5)1(6)7/h7-13,15,21,27-28H,3-6,14,16-20H2,1-2H3;(H,6,7). The van der Waals surface area contributed by atoms with Gasteiger partial charge in [0.05, 0.1) is 6.61 Å². The average molecular weight is 550 g/mol. The van der Waals surface area contributed by atoms with Gasteiger partial charge in [-0.05, 0) is 88.4 Å². The van der Waals surface area contributed by atoms with Crippen molar-refractivity contribution >= 4 is 16.9 Å². The van der Waals surface area contributed by atoms with Crippen molar-refractivity contribution in [3.05, 3.63) is 60.3 Å². The first-order valence-electron chi connectivity index (χ1n) is 13.3. The zero-order valence-corrected chi connectivity index (χ0v) is 22.5. The molecule has 0 amide bonds. The van der Waals surface area contributed by atoms with E-state index in [0.29, 0.717) is 0 Å². The lowest BCUT2D eigenvalue weighted by molar-refractivity contribution is -0.192. The first-order valence-corrected chi connectivity index (χ1v) is 13.3. The van der Waals surface area contributed by atoms with Crippen molar-refractivity contribution in [1.82, 2.24) is 14.8 Å². The Morgan fingerprint density at radius 1 is 1.05 bits per heavy atom. The third kappa shape index (κ3) is 10.4. The van der Waals surface area contributed by atoms with Gasteiger partial charge < -0.3 is 29.4 Å². The van der Waals surface area contributed by atoms with Crippen LogP contribution in [-0.2, 0) is 4.79 Å². The van der Waals surface area contributed by atoms with Crippen molar-refractivity contribution in [3.8, 4) is 11.5 Å². The summed E-state index contributed by atoms with van der Waals surface area (Å²) in [7, 11) is 4.20. The number of alkyl halides is 3. The number of nitrogens with zero attached hydrogens (tertiary/aromatic N) is 2. The Bertz CT molecular complexity index is 1140. The van der Waals surface area contributed by atoms with Crippen LogP contribution in [0.4, 0.5) is 13.2 Å². The molecule has 1 aliphatic rings. The van der Waals surface area contributed by atoms with Gasteiger partial charge in [0, 0.05) is 36.6 Å². The van der Waals surface area contributed by atoms with Gasteiger partial charge in [0.25, 0.3) is 0 Å². The number of fused-ring (bicyclic) bond motifs is 1. The lowest BCUT2D eigenvalue weighted by Crippen LogP contribution is -2.31. The summed E-state index contributed by atoms with van der Waals surface area (Å²) in [4.78, 5) is 16.9. The molecule has 1 unspecified atom stereocenters. The molecule has 1 aromatic heterocycles. The highest BCUT2D eigenvalue weighted by atomic mass is 19.4. The molecule has 1 saturated heterocycles. The maximum Gasteiger partial charge on any atom is 0.490 e. The van der Waals surface area contributed by atoms with Gasteiger partial charge in [-0.25, -0.2) is 4.79 Å². The number of halogens is 3. The normalized spacial score (nSPS) is 15.0. The molecule has 39 heavy (non-hydrogen) atoms. The van der Waals surface area contributed by atoms with Crippen LogP contribution in [-0.4, -0.2) is 78.9 Å². The fourth-order valence-electron chi connectivity index (χ4n) is 4.38. The third-order valence-electron chi connectivity index (χ3n) is 6.47. The van der Waals surface area contributed by atoms with E-state index < -0.39 is 12.1 Å². The van der Waals surface area contributed by atoms with Gasteiger partial charge in [-0.2, -0.15) is 13.2 Å². The molecule has 4 rings (SSSR count). The Hall–Kier alpha value is -3.24. The first-order chi connectivity index (χ1) is 18.6. The van der Waals surface area contributed by atoms with Gasteiger partial charge in [0.15, 0.2) is 0 Å². The molecule has 10 heteroatoms. The fourth-order valence-corrected chi connectivity index (χ4v) is 4.38. The van der Waals surface area contributed by atoms with Crippen LogP contribution in [0.15, 0.2) is 54.7 Å². The largest absolute Gasteiger partial charge is 0.494 e. The number of rotatable bonds is 11. The highest BCUT2D eigenvalue weighted by Crippen LogP contribution is 2.29. The number of ether oxygens (including phenoxy) is 2. The molecule has 1 fully saturated rings. The minimum Gasteiger partial charge on any atom is -0.494 e. The number of hydrogen-bond acceptors (Lipinski definition) is 5. The maximum absolute atomic E-state index is 10.6. The molecule has 0 saturated carbocycles. The fraction of sp³-hybridized carbons (Fsp3) is 0.483. The Morgan fingerprint density at radius 2 is 1.72 bits per heavy atom. The summed E-state index contributed by atoms with van der Waals surface area (Å²) < 4.78 is 44.2. The summed E-state index contributed by atoms with van der Waals surface area (Å²) in [5.74, 6) is -0.918. The van der Waals surface area contributed by atoms with Crippen LogP contribution in [0.25, 0.3) is 10.9 Å². The molecule has 3 aromatic rings. The summed E-state index contributed by atoms with van der Waals surface area (Å²) in [5, 5.41) is 8.29. The summed E-state index contributed by atoms with van der Waals surface area (Å²) in [6.45, 7) is 5.38. The predicted molar refractivity (Wildman–Crippen MR) is 145 cm³/mol. The highest BCUT2D eigenvalue weighted by Gasteiger charge is 2.38. The number of H-pyrrole nitrogens is 1. The molecule has 214 valence electrons. The number of carboxylic acids is 1. The van der Waals surface area contributed by atoms with Gasteiger partial charge in [-0.15, -0.1) is 0 Å². The zero-order chi connectivity index (χ0) is 28.3. The Kier molecular flexibility index (Phi) is 11.5. The highest BCUT2D eigenvalue weighted by molar-refractivity contribution is 5.80. The van der Waals surface area contributed by atoms with E-state index in [1.165, 1.54) is 43.3 Å². The average Bonchev–Trinajstić information content (AvgIpc) is 3.38. The topological polar surface area (TPSA) is 78.0 Å². The van der Waals surface area contributed by atoms with Crippen molar-refractivity contribution in [2.24, 2.45) is 0 Å². The second-order valence-corrected chi connectivity index (χ2v) is 9.90. The molecule has 1 aliphatic heterocycles. The van der Waals surface area contributed by atoms with E-state index in [9.17, 15) is 13.2 Å². The van der Waals surface area contributed by atoms with Crippen molar-refractivity contribution in [3.63, 3.8) is 0 Å². The number of aliphatic carboxylic acids is 1. The van der Waals surface area contributed by atoms with Gasteiger partial charge in [-0.1, -0.05) is 18.6 Å². The van der Waals surface area contributed by atoms with Gasteiger partial charge in [-0.3, -0.25) is 0 Å². The molecule has 1 atom stereocenters. The van der Waals surface area contributed by atoms with Crippen molar-refractivity contribution in [1.29, 1.82) is 0 Å². The van der Waals surface area contributed by atoms with Gasteiger partial charge in [0.2, 0.25) is 0 Å². The molecular formula is C29H38F3N3O4. The minimum atomic E-state index is -5.08. The molecule has 2 N–H and O–H groups in total. The van der Waals surface area contributed by atoms with E-state index in [-0.39, 0.29) is 6.10 Å². The zero-order valence-electron chi connectivity index (χ0n) is 22.5. The van der Waals surface area contributed by atoms with E-state index in [2.05, 4.69) is 71.3 Å². The van der Waals surface area contributed by atoms with Crippen LogP contribution in [0.3, 0.4) is 0 Å². The van der Waals surface area contributed by atoms with Crippen LogP contribution < -0.4 is 9.47 Å². The van der Waals surface area contributed by atoms with Gasteiger partial charge in [0.1, 0.15) is 17.6 Å². The van der Waals surface area contributed by atoms with Crippen molar-refractivity contribution in [2.75, 3.05) is 46.9 Å². The summed E-state index contributed by atoms with van der Waals surface area (Å²) in [6, 6.07) is 16.8. The molecule has 0 radical (unpaired) electrons. The van der Waals surface area contributed by atoms with E-state index in [0.717, 1.165) is 49.6 Å². The number of carboxylic acid groups (broad SMARTS) is 1. The Balaban J connectivity index is 0.000000532. The molecule has 2 heterocycles. The number of likely N-dealkylation sites (tertiary alicyclic amines) is 1. The van der Waals surface area contributed by atoms with Crippen LogP contribution in [0, 0.1) is 0 Å². The molecular weight excluding hydrogens is 511 g/mol. The number of nitrogens with one attached hydrogen (secondary N) is 1. The maximum atomic E-state index is 10.6. The number of piperidine rings is 1. The minimum absolute atomic E-state index is 0.00180. The SMILES string of the molecule is CN(C)CCC(Oc1ccc2[nH]ccc2c1)c1ccc(OCCCN2CCCCC2)cc1.O=C(O)C(F)(F)F. The lowest BCUT2D eigenvalue weighted by Gasteiger charge is -2.26. The number of carbonyl (C=O) groups is 1. The van der Waals surface area contributed by atoms with Crippen LogP contribution in [0.5, 0.6) is 11.5 Å². The van der Waals surface area contributed by atoms with Crippen LogP contribution in [0.2, 0.25) is 0 Å². The van der Waals surface area contributed by atoms with E-state index in [4.69, 9.17) is 19.4 Å². The van der Waals surface area contributed by atoms with E-state index >= 15 is 0 Å². The number of aromatic amines is 1. The number of aromatic nitrogens is 1. The van der Waals surface area contributed by atoms with Crippen molar-refractivity contribution < 1.29 is 32.5 Å². The van der Waals surface area contributed by atoms with Crippen LogP contribution >= 0.6 is 0 Å². The molecule has 7 nitrogen and oxygen atoms in total. The monoisotopic (exact) mass is 549 g/mol. The molecule has 0 spiro atoms. The smallest absolute Gasteiger partial charge is 0.490 e. The third-order valence-corrected chi connectivity index (χ3v) is 6.47. The molecule has 0 aliphatic carbocycles. The first kappa shape index (κ1) is 30.3. The number of benzene rings is 2. The van der Waals surface area contributed by atoms with Crippen LogP contribution in [0.1, 0.15) is 43.8 Å². The predicted octanol–water partition coefficient (Wildman–Crippen LogP) is 6.13. The second-order valence-electron chi connectivity index (χ2n) is 9.90. The number of hydrogen-bond donors (Lipinski definition) is 2. The quantitative estimate of drug-likeness (QED) is 0.280. The van der Waals surface area contributed by atoms with Crippen molar-refractivity contribution in [2.45, 2.75) is 44.4 Å².